The molecule has 117 heavy (non-hydrogen) atoms. The lowest BCUT2D eigenvalue weighted by Gasteiger charge is -2.15. The molecule has 0 spiro atoms. The van der Waals surface area contributed by atoms with Crippen LogP contribution in [-0.4, -0.2) is 183 Å². The smallest absolute Gasteiger partial charge is 0.297 e. The van der Waals surface area contributed by atoms with Crippen LogP contribution in [0.25, 0.3) is 16.7 Å². The Bertz CT molecular complexity index is 6280. The Morgan fingerprint density at radius 1 is 0.504 bits per heavy atom. The van der Waals surface area contributed by atoms with Crippen molar-refractivity contribution in [1.29, 1.82) is 5.26 Å². The van der Waals surface area contributed by atoms with E-state index in [1.807, 2.05) is 0 Å². The zero-order chi connectivity index (χ0) is 85.5. The highest BCUT2D eigenvalue weighted by Crippen LogP contribution is 2.47. The molecule has 0 unspecified atom stereocenters. The SMILES string of the molecule is COc1ccc2c(c1)nc1c(C#N)c(C)c(N=Nc3cc(C)c(N=Nc4cc(Nc5nc(Nc6ccc([N+](=O)[O-])cc6OCCCS(=O)(=O)O)nc(SCCCS(=O)(=O)O)n5)c(N=Nc5cc(C)c(N=Nc6ccc([N+](=O)[O-])cc6S(=O)(=O)O)cc5SCCCS(=O)(=O)O)cc4SCCCS(=O)(=O)O)cc3OCCCS(=O)(=O)O)c(O)n12. The molecule has 0 aliphatic carbocycles. The first-order chi connectivity index (χ1) is 54.9. The number of aromatic hydroxyl groups is 1. The molecule has 0 aliphatic heterocycles. The van der Waals surface area contributed by atoms with Crippen LogP contribution >= 0.6 is 35.3 Å². The molecule has 0 bridgehead atoms. The summed E-state index contributed by atoms with van der Waals surface area (Å²) in [7, 11) is -26.2. The lowest BCUT2D eigenvalue weighted by atomic mass is 10.1. The molecule has 0 saturated heterocycles. The van der Waals surface area contributed by atoms with Gasteiger partial charge in [-0.25, -0.2) is 4.98 Å². The maximum Gasteiger partial charge on any atom is 0.297 e. The summed E-state index contributed by atoms with van der Waals surface area (Å²) in [5.74, 6) is -5.09. The molecule has 0 amide bonds. The van der Waals surface area contributed by atoms with Gasteiger partial charge in [0.25, 0.3) is 72.1 Å². The minimum Gasteiger partial charge on any atom is -0.497 e. The van der Waals surface area contributed by atoms with Gasteiger partial charge in [-0.3, -0.25) is 51.9 Å². The molecule has 9 rings (SSSR count). The average molecular weight is 1790 g/mol. The molecular formula is C64H66N18O26S9. The molecule has 3 aromatic heterocycles. The molecule has 0 aliphatic rings. The summed E-state index contributed by atoms with van der Waals surface area (Å²) < 4.78 is 220. The lowest BCUT2D eigenvalue weighted by Crippen LogP contribution is -2.10. The van der Waals surface area contributed by atoms with Crippen LogP contribution in [0.5, 0.6) is 23.1 Å². The number of nitrogens with one attached hydrogen (secondary N) is 2. The monoisotopic (exact) mass is 1790 g/mol. The summed E-state index contributed by atoms with van der Waals surface area (Å²) in [6, 6.07) is 20.7. The number of nitro benzene ring substituents is 2. The molecule has 6 aromatic carbocycles. The number of hydrogen-bond acceptors (Lipinski definition) is 38. The number of fused-ring (bicyclic) bond motifs is 3. The Hall–Kier alpha value is -10.7. The van der Waals surface area contributed by atoms with E-state index in [9.17, 15) is 108 Å². The third kappa shape index (κ3) is 26.4. The number of non-ortho nitro benzene ring substituents is 2. The predicted molar refractivity (Wildman–Crippen MR) is 427 cm³/mol. The average Bonchev–Trinajstić information content (AvgIpc) is 1.59. The molecule has 0 saturated carbocycles. The van der Waals surface area contributed by atoms with Crippen LogP contribution in [0.3, 0.4) is 0 Å². The zero-order valence-corrected chi connectivity index (χ0v) is 68.3. The molecule has 9 aromatic rings. The lowest BCUT2D eigenvalue weighted by molar-refractivity contribution is -0.385. The molecule has 0 atom stereocenters. The maximum absolute atomic E-state index is 12.4. The molecule has 622 valence electrons. The number of thioether (sulfide) groups is 3. The Kier molecular flexibility index (Phi) is 29.7. The molecule has 0 radical (unpaired) electrons. The van der Waals surface area contributed by atoms with Gasteiger partial charge in [0.15, 0.2) is 16.5 Å². The second-order valence-electron chi connectivity index (χ2n) is 24.5. The van der Waals surface area contributed by atoms with E-state index < -0.39 is 140 Å². The maximum atomic E-state index is 12.4. The second-order valence-corrected chi connectivity index (χ2v) is 37.1. The molecule has 0 fully saturated rings. The first kappa shape index (κ1) is 90.2. The number of ether oxygens (including phenoxy) is 3. The van der Waals surface area contributed by atoms with Gasteiger partial charge in [0, 0.05) is 51.4 Å². The normalized spacial score (nSPS) is 12.6. The summed E-state index contributed by atoms with van der Waals surface area (Å²) in [5.41, 5.74) is -1.01. The number of methoxy groups -OCH3 is 1. The van der Waals surface area contributed by atoms with Gasteiger partial charge in [-0.15, -0.1) is 54.2 Å². The minimum atomic E-state index is -5.16. The highest BCUT2D eigenvalue weighted by Gasteiger charge is 2.26. The third-order valence-electron chi connectivity index (χ3n) is 15.7. The van der Waals surface area contributed by atoms with Gasteiger partial charge < -0.3 is 30.0 Å². The quantitative estimate of drug-likeness (QED) is 0.00429. The van der Waals surface area contributed by atoms with Gasteiger partial charge in [0.05, 0.1) is 104 Å². The highest BCUT2D eigenvalue weighted by molar-refractivity contribution is 8.00. The van der Waals surface area contributed by atoms with E-state index in [-0.39, 0.29) is 167 Å². The van der Waals surface area contributed by atoms with Crippen LogP contribution in [0.4, 0.5) is 80.1 Å². The number of nitriles is 1. The van der Waals surface area contributed by atoms with Gasteiger partial charge in [-0.2, -0.15) is 80.9 Å². The number of pyridine rings is 1. The van der Waals surface area contributed by atoms with E-state index in [0.717, 1.165) is 59.6 Å². The van der Waals surface area contributed by atoms with Gasteiger partial charge in [0.2, 0.25) is 17.8 Å². The number of aromatic nitrogens is 5. The third-order valence-corrected chi connectivity index (χ3v) is 23.8. The first-order valence-electron chi connectivity index (χ1n) is 33.4. The van der Waals surface area contributed by atoms with Crippen molar-refractivity contribution in [2.45, 2.75) is 72.7 Å². The Morgan fingerprint density at radius 2 is 0.974 bits per heavy atom. The minimum absolute atomic E-state index is 0.00810. The van der Waals surface area contributed by atoms with E-state index in [2.05, 4.69) is 77.6 Å². The Balaban J connectivity index is 1.24. The van der Waals surface area contributed by atoms with E-state index in [1.165, 1.54) is 67.8 Å². The molecule has 9 N–H and O–H groups in total. The number of aryl methyl sites for hydroxylation is 2. The van der Waals surface area contributed by atoms with Crippen molar-refractivity contribution in [3.05, 3.63) is 133 Å². The summed E-state index contributed by atoms with van der Waals surface area (Å²) in [5, 5.41) is 86.9. The van der Waals surface area contributed by atoms with E-state index in [4.69, 9.17) is 14.2 Å². The number of rotatable bonds is 41. The van der Waals surface area contributed by atoms with Crippen molar-refractivity contribution in [2.75, 3.05) is 77.0 Å². The number of anilines is 4. The first-order valence-corrected chi connectivity index (χ1v) is 45.9. The summed E-state index contributed by atoms with van der Waals surface area (Å²) in [6.45, 7) is 3.75. The number of hydrogen-bond donors (Lipinski definition) is 9. The van der Waals surface area contributed by atoms with Gasteiger partial charge >= 0.3 is 0 Å². The van der Waals surface area contributed by atoms with Crippen LogP contribution in [0.1, 0.15) is 54.4 Å². The largest absolute Gasteiger partial charge is 0.497 e. The fraction of sp³-hybridized carbons (Fsp3) is 0.297. The van der Waals surface area contributed by atoms with E-state index in [0.29, 0.717) is 22.8 Å². The fourth-order valence-corrected chi connectivity index (χ4v) is 16.7. The standard InChI is InChI=1S/C64H66N18O26S9/c1-36-26-50(76-79-59-38(3)42(35-65)60-66-49-30-41(106-4)12-15-53(49)80(60)61(59)83)55(108-17-6-22-113(91,92)93)32-45(36)73-78-52-31-47(68-63-69-62(70-64(71-63)111-20-9-25-116(100,101)102)67-43-13-10-39(81(84)85)28-54(43)107-16-5-21-112(88,89)90)48(34-57(52)110-19-8-24-115(97,98)99)75-77-51-27-37(2)46(33-56(51)109-18-7-23-114(94,95)96)74-72-44-14-11-40(82(86)87)29-58(44)117(103,104)105/h10-15,26-34,83H,5-9,16-25H2,1-4H3,(H,88,89,90)(H,91,92,93)(H,94,95,96)(H,97,98,99)(H,100,101,102)(H,103,104,105)(H2,67,68,69,70,71). The highest BCUT2D eigenvalue weighted by atomic mass is 32.2. The van der Waals surface area contributed by atoms with Crippen molar-refractivity contribution in [1.82, 2.24) is 24.3 Å². The summed E-state index contributed by atoms with van der Waals surface area (Å²) >= 11 is 2.73. The second kappa shape index (κ2) is 38.6. The van der Waals surface area contributed by atoms with Crippen LogP contribution in [0.15, 0.2) is 152 Å². The van der Waals surface area contributed by atoms with Crippen LogP contribution in [0, 0.1) is 52.3 Å². The number of imidazole rings is 1. The van der Waals surface area contributed by atoms with E-state index in [1.54, 1.807) is 25.1 Å². The number of azo groups is 4. The van der Waals surface area contributed by atoms with Crippen molar-refractivity contribution in [3.63, 3.8) is 0 Å². The van der Waals surface area contributed by atoms with Gasteiger partial charge in [-0.1, -0.05) is 11.8 Å². The molecule has 53 heteroatoms. The molecule has 44 nitrogen and oxygen atoms in total. The van der Waals surface area contributed by atoms with Gasteiger partial charge in [-0.05, 0) is 130 Å². The summed E-state index contributed by atoms with van der Waals surface area (Å²) in [6.07, 6.45) is -1.10. The topological polar surface area (TPSA) is 663 Å². The predicted octanol–water partition coefficient (Wildman–Crippen LogP) is 13.8. The van der Waals surface area contributed by atoms with Crippen LogP contribution in [-0.2, 0) is 60.7 Å². The van der Waals surface area contributed by atoms with Crippen molar-refractivity contribution < 1.29 is 107 Å². The Labute approximate surface area is 678 Å². The molecular weight excluding hydrogens is 1730 g/mol. The van der Waals surface area contributed by atoms with Crippen molar-refractivity contribution in [2.24, 2.45) is 40.9 Å². The zero-order valence-electron chi connectivity index (χ0n) is 61.0. The molecule has 3 heterocycles. The van der Waals surface area contributed by atoms with Crippen LogP contribution < -0.4 is 24.8 Å². The summed E-state index contributed by atoms with van der Waals surface area (Å²) in [4.78, 5) is 39.3. The number of nitrogens with zero attached hydrogens (tertiary/aromatic N) is 16. The van der Waals surface area contributed by atoms with Crippen LogP contribution in [0.2, 0.25) is 0 Å². The van der Waals surface area contributed by atoms with Crippen molar-refractivity contribution in [3.8, 4) is 29.2 Å². The fourth-order valence-electron chi connectivity index (χ4n) is 10.3. The van der Waals surface area contributed by atoms with Crippen molar-refractivity contribution >= 4 is 193 Å². The Morgan fingerprint density at radius 3 is 1.52 bits per heavy atom. The number of nitro groups is 2. The van der Waals surface area contributed by atoms with Gasteiger partial charge in [0.1, 0.15) is 56.5 Å². The van der Waals surface area contributed by atoms with E-state index >= 15 is 0 Å². The number of benzene rings is 6.